The fourth-order valence-electron chi connectivity index (χ4n) is 6.41. The third-order valence-electron chi connectivity index (χ3n) is 8.40. The minimum atomic E-state index is -0.683. The molecule has 0 atom stereocenters. The average molecular weight is 557 g/mol. The molecular weight excluding hydrogens is 532 g/mol. The number of amides is 4. The van der Waals surface area contributed by atoms with Crippen LogP contribution in [-0.2, 0) is 4.74 Å². The van der Waals surface area contributed by atoms with Crippen molar-refractivity contribution in [3.05, 3.63) is 119 Å². The van der Waals surface area contributed by atoms with Crippen LogP contribution in [0.2, 0.25) is 0 Å². The first-order valence-corrected chi connectivity index (χ1v) is 13.8. The molecule has 1 fully saturated rings. The molecule has 0 spiro atoms. The van der Waals surface area contributed by atoms with Gasteiger partial charge in [0.05, 0.1) is 23.2 Å². The van der Waals surface area contributed by atoms with Crippen LogP contribution in [-0.4, -0.2) is 29.6 Å². The smallest absolute Gasteiger partial charge is 0.342 e. The zero-order chi connectivity index (χ0) is 29.1. The van der Waals surface area contributed by atoms with Gasteiger partial charge in [-0.25, -0.2) is 14.6 Å². The molecule has 8 nitrogen and oxygen atoms in total. The molecule has 206 valence electrons. The number of carbonyl (C=O) groups is 5. The highest BCUT2D eigenvalue weighted by atomic mass is 16.5. The SMILES string of the molecule is C=COC(=O)c1cccc(N2C(=O)c3ccc4c5c(ccc(c35)C2=O)C(=O)N(c2ccc(C3CCCC3)cc2)C4=O)c1. The number of nitrogens with zero attached hydrogens (tertiary/aromatic N) is 2. The number of esters is 1. The standard InChI is InChI=1S/C34H24N2O6/c1-2-42-34(41)21-8-5-9-23(18-21)36-32(39)26-16-14-24-28-25(15-17-27(29(26)28)33(36)40)31(38)35(30(24)37)22-12-10-20(11-13-22)19-6-3-4-7-19/h2,5,8-19H,1,3-4,6-7H2. The summed E-state index contributed by atoms with van der Waals surface area (Å²) in [7, 11) is 0. The molecule has 4 aromatic rings. The van der Waals surface area contributed by atoms with Crippen LogP contribution in [0.1, 0.15) is 89.0 Å². The summed E-state index contributed by atoms with van der Waals surface area (Å²) < 4.78 is 4.83. The minimum Gasteiger partial charge on any atom is -0.432 e. The van der Waals surface area contributed by atoms with Crippen molar-refractivity contribution >= 4 is 51.7 Å². The number of carbonyl (C=O) groups excluding carboxylic acids is 5. The first-order chi connectivity index (χ1) is 20.4. The molecule has 3 aliphatic rings. The van der Waals surface area contributed by atoms with Gasteiger partial charge in [-0.05, 0) is 78.9 Å². The predicted molar refractivity (Wildman–Crippen MR) is 156 cm³/mol. The molecule has 4 amide bonds. The van der Waals surface area contributed by atoms with E-state index in [-0.39, 0.29) is 38.9 Å². The second-order valence-electron chi connectivity index (χ2n) is 10.7. The van der Waals surface area contributed by atoms with E-state index >= 15 is 0 Å². The summed E-state index contributed by atoms with van der Waals surface area (Å²) in [5, 5.41) is 0.569. The second-order valence-corrected chi connectivity index (χ2v) is 10.7. The summed E-state index contributed by atoms with van der Waals surface area (Å²) in [4.78, 5) is 69.4. The van der Waals surface area contributed by atoms with Gasteiger partial charge in [0.1, 0.15) is 0 Å². The molecule has 0 saturated heterocycles. The largest absolute Gasteiger partial charge is 0.432 e. The van der Waals surface area contributed by atoms with Crippen LogP contribution >= 0.6 is 0 Å². The van der Waals surface area contributed by atoms with Crippen LogP contribution < -0.4 is 9.80 Å². The van der Waals surface area contributed by atoms with Crippen molar-refractivity contribution in [3.8, 4) is 0 Å². The molecule has 0 bridgehead atoms. The number of hydrogen-bond donors (Lipinski definition) is 0. The van der Waals surface area contributed by atoms with Gasteiger partial charge in [0.25, 0.3) is 23.6 Å². The lowest BCUT2D eigenvalue weighted by Crippen LogP contribution is -2.43. The average Bonchev–Trinajstić information content (AvgIpc) is 3.55. The number of hydrogen-bond acceptors (Lipinski definition) is 6. The number of imide groups is 2. The fraction of sp³-hybridized carbons (Fsp3) is 0.147. The van der Waals surface area contributed by atoms with Gasteiger partial charge >= 0.3 is 5.97 Å². The molecule has 7 rings (SSSR count). The first kappa shape index (κ1) is 25.6. The Morgan fingerprint density at radius 1 is 0.690 bits per heavy atom. The van der Waals surface area contributed by atoms with Crippen molar-refractivity contribution in [2.45, 2.75) is 31.6 Å². The number of benzene rings is 4. The van der Waals surface area contributed by atoms with Crippen molar-refractivity contribution in [1.29, 1.82) is 0 Å². The lowest BCUT2D eigenvalue weighted by Gasteiger charge is -2.32. The molecule has 1 saturated carbocycles. The Balaban J connectivity index is 1.29. The van der Waals surface area contributed by atoms with Crippen LogP contribution in [0, 0.1) is 0 Å². The molecule has 4 aromatic carbocycles. The van der Waals surface area contributed by atoms with Crippen molar-refractivity contribution < 1.29 is 28.7 Å². The highest BCUT2D eigenvalue weighted by Crippen LogP contribution is 2.41. The summed E-state index contributed by atoms with van der Waals surface area (Å²) in [6.45, 7) is 3.37. The van der Waals surface area contributed by atoms with Crippen LogP contribution in [0.4, 0.5) is 11.4 Å². The van der Waals surface area contributed by atoms with Crippen molar-refractivity contribution in [2.75, 3.05) is 9.80 Å². The zero-order valence-corrected chi connectivity index (χ0v) is 22.5. The summed E-state index contributed by atoms with van der Waals surface area (Å²) in [5.41, 5.74) is 2.84. The van der Waals surface area contributed by atoms with E-state index in [0.717, 1.165) is 28.9 Å². The predicted octanol–water partition coefficient (Wildman–Crippen LogP) is 6.40. The van der Waals surface area contributed by atoms with Crippen molar-refractivity contribution in [2.24, 2.45) is 0 Å². The van der Waals surface area contributed by atoms with Gasteiger partial charge in [-0.1, -0.05) is 37.6 Å². The van der Waals surface area contributed by atoms with E-state index in [9.17, 15) is 24.0 Å². The van der Waals surface area contributed by atoms with Gasteiger partial charge in [-0.15, -0.1) is 0 Å². The zero-order valence-electron chi connectivity index (χ0n) is 22.5. The topological polar surface area (TPSA) is 101 Å². The van der Waals surface area contributed by atoms with Gasteiger partial charge in [-0.2, -0.15) is 0 Å². The van der Waals surface area contributed by atoms with E-state index in [2.05, 4.69) is 6.58 Å². The van der Waals surface area contributed by atoms with Crippen LogP contribution in [0.5, 0.6) is 0 Å². The Morgan fingerprint density at radius 3 is 1.69 bits per heavy atom. The van der Waals surface area contributed by atoms with Crippen molar-refractivity contribution in [1.82, 2.24) is 0 Å². The minimum absolute atomic E-state index is 0.136. The molecular formula is C34H24N2O6. The molecule has 2 aliphatic heterocycles. The summed E-state index contributed by atoms with van der Waals surface area (Å²) in [5.74, 6) is -2.47. The number of ether oxygens (including phenoxy) is 1. The van der Waals surface area contributed by atoms with E-state index < -0.39 is 29.6 Å². The maximum absolute atomic E-state index is 13.8. The van der Waals surface area contributed by atoms with E-state index in [0.29, 0.717) is 17.0 Å². The molecule has 2 heterocycles. The monoisotopic (exact) mass is 556 g/mol. The van der Waals surface area contributed by atoms with E-state index in [1.165, 1.54) is 66.9 Å². The Hall–Kier alpha value is -5.37. The lowest BCUT2D eigenvalue weighted by atomic mass is 9.85. The van der Waals surface area contributed by atoms with E-state index in [1.807, 2.05) is 12.1 Å². The van der Waals surface area contributed by atoms with Gasteiger partial charge < -0.3 is 4.74 Å². The third kappa shape index (κ3) is 3.72. The third-order valence-corrected chi connectivity index (χ3v) is 8.40. The quantitative estimate of drug-likeness (QED) is 0.160. The Labute approximate surface area is 240 Å². The van der Waals surface area contributed by atoms with Gasteiger partial charge in [0.2, 0.25) is 0 Å². The number of anilines is 2. The maximum atomic E-state index is 13.8. The highest BCUT2D eigenvalue weighted by Gasteiger charge is 2.40. The molecule has 42 heavy (non-hydrogen) atoms. The van der Waals surface area contributed by atoms with Crippen LogP contribution in [0.3, 0.4) is 0 Å². The highest BCUT2D eigenvalue weighted by molar-refractivity contribution is 6.42. The van der Waals surface area contributed by atoms with Crippen LogP contribution in [0.25, 0.3) is 10.8 Å². The van der Waals surface area contributed by atoms with Gasteiger partial charge in [0, 0.05) is 33.0 Å². The maximum Gasteiger partial charge on any atom is 0.342 e. The normalized spacial score (nSPS) is 16.4. The molecule has 0 radical (unpaired) electrons. The number of rotatable bonds is 5. The Kier molecular flexibility index (Phi) is 5.86. The molecule has 1 aliphatic carbocycles. The fourth-order valence-corrected chi connectivity index (χ4v) is 6.41. The summed E-state index contributed by atoms with van der Waals surface area (Å²) in [6.07, 6.45) is 5.70. The first-order valence-electron chi connectivity index (χ1n) is 13.8. The molecule has 0 N–H and O–H groups in total. The van der Waals surface area contributed by atoms with Gasteiger partial charge in [0.15, 0.2) is 0 Å². The van der Waals surface area contributed by atoms with Crippen LogP contribution in [0.15, 0.2) is 85.6 Å². The van der Waals surface area contributed by atoms with E-state index in [4.69, 9.17) is 4.74 Å². The second kappa shape index (κ2) is 9.62. The molecule has 0 unspecified atom stereocenters. The molecule has 8 heteroatoms. The van der Waals surface area contributed by atoms with E-state index in [1.54, 1.807) is 12.1 Å². The molecule has 0 aromatic heterocycles. The Morgan fingerprint density at radius 2 is 1.19 bits per heavy atom. The summed E-state index contributed by atoms with van der Waals surface area (Å²) >= 11 is 0. The Bertz CT molecular complexity index is 1810. The van der Waals surface area contributed by atoms with Gasteiger partial charge in [-0.3, -0.25) is 19.2 Å². The summed E-state index contributed by atoms with van der Waals surface area (Å²) in [6, 6.07) is 19.6. The van der Waals surface area contributed by atoms with Crippen molar-refractivity contribution in [3.63, 3.8) is 0 Å². The lowest BCUT2D eigenvalue weighted by molar-refractivity contribution is 0.0662.